The van der Waals surface area contributed by atoms with Crippen molar-refractivity contribution >= 4 is 17.7 Å². The molecule has 4 unspecified atom stereocenters. The fraction of sp³-hybridized carbons (Fsp3) is 0.333. The van der Waals surface area contributed by atoms with Gasteiger partial charge in [-0.3, -0.25) is 5.41 Å². The van der Waals surface area contributed by atoms with Gasteiger partial charge in [-0.2, -0.15) is 15.8 Å². The lowest BCUT2D eigenvalue weighted by atomic mass is 9.52. The van der Waals surface area contributed by atoms with Gasteiger partial charge in [0, 0.05) is 11.8 Å². The topological polar surface area (TPSA) is 114 Å². The van der Waals surface area contributed by atoms with Crippen LogP contribution in [0, 0.1) is 56.2 Å². The molecule has 2 heterocycles. The smallest absolute Gasteiger partial charge is 0.215 e. The summed E-state index contributed by atoms with van der Waals surface area (Å²) in [5.74, 6) is -2.42. The molecule has 31 heavy (non-hydrogen) atoms. The van der Waals surface area contributed by atoms with Gasteiger partial charge >= 0.3 is 0 Å². The maximum absolute atomic E-state index is 10.4. The maximum Gasteiger partial charge on any atom is 0.215 e. The molecule has 0 aromatic heterocycles. The molecule has 4 rings (SSSR count). The van der Waals surface area contributed by atoms with Crippen LogP contribution < -0.4 is 0 Å². The Morgan fingerprint density at radius 1 is 1.00 bits per heavy atom. The van der Waals surface area contributed by atoms with Gasteiger partial charge in [-0.25, -0.2) is 0 Å². The first-order valence-corrected chi connectivity index (χ1v) is 11.0. The number of ether oxygens (including phenoxy) is 2. The predicted octanol–water partition coefficient (Wildman–Crippen LogP) is 4.61. The third-order valence-corrected chi connectivity index (χ3v) is 7.16. The molecule has 0 aliphatic carbocycles. The molecule has 2 fully saturated rings. The number of nitrogens with zero attached hydrogens (tertiary/aromatic N) is 3. The van der Waals surface area contributed by atoms with Gasteiger partial charge in [-0.15, -0.1) is 11.8 Å². The molecular formula is C24H20N4O2S. The molecule has 1 N–H and O–H groups in total. The Morgan fingerprint density at radius 3 is 2.19 bits per heavy atom. The van der Waals surface area contributed by atoms with Gasteiger partial charge in [0.1, 0.15) is 6.10 Å². The Bertz CT molecular complexity index is 1130. The third kappa shape index (κ3) is 2.77. The van der Waals surface area contributed by atoms with Crippen molar-refractivity contribution in [3.05, 3.63) is 65.7 Å². The van der Waals surface area contributed by atoms with E-state index >= 15 is 0 Å². The molecule has 0 amide bonds. The minimum Gasteiger partial charge on any atom is -0.448 e. The minimum atomic E-state index is -1.95. The first-order valence-electron chi connectivity index (χ1n) is 9.78. The summed E-state index contributed by atoms with van der Waals surface area (Å²) >= 11 is 1.57. The van der Waals surface area contributed by atoms with Crippen molar-refractivity contribution in [3.63, 3.8) is 0 Å². The van der Waals surface area contributed by atoms with Crippen LogP contribution in [0.25, 0.3) is 0 Å². The van der Waals surface area contributed by atoms with Gasteiger partial charge in [0.15, 0.2) is 5.41 Å². The second-order valence-electron chi connectivity index (χ2n) is 7.91. The molecule has 0 radical (unpaired) electrons. The highest BCUT2D eigenvalue weighted by Gasteiger charge is 2.79. The van der Waals surface area contributed by atoms with Crippen molar-refractivity contribution in [2.45, 2.75) is 30.1 Å². The average molecular weight is 429 g/mol. The number of hydrogen-bond acceptors (Lipinski definition) is 7. The number of nitrogens with one attached hydrogen (secondary N) is 1. The fourth-order valence-corrected chi connectivity index (χ4v) is 5.22. The minimum absolute atomic E-state index is 0.330. The number of hydrogen-bond donors (Lipinski definition) is 1. The van der Waals surface area contributed by atoms with Gasteiger partial charge in [0.05, 0.1) is 24.1 Å². The highest BCUT2D eigenvalue weighted by molar-refractivity contribution is 7.98. The van der Waals surface area contributed by atoms with Crippen LogP contribution in [-0.2, 0) is 15.9 Å². The summed E-state index contributed by atoms with van der Waals surface area (Å²) in [6, 6.07) is 23.2. The van der Waals surface area contributed by atoms with Gasteiger partial charge in [0.2, 0.25) is 17.1 Å². The van der Waals surface area contributed by atoms with E-state index in [4.69, 9.17) is 14.9 Å². The highest BCUT2D eigenvalue weighted by Crippen LogP contribution is 2.66. The Morgan fingerprint density at radius 2 is 1.65 bits per heavy atom. The molecule has 4 atom stereocenters. The summed E-state index contributed by atoms with van der Waals surface area (Å²) in [4.78, 5) is 1.02. The quantitative estimate of drug-likeness (QED) is 0.712. The molecular weight excluding hydrogens is 408 g/mol. The SMILES string of the molecule is CSc1ccc(C2OC3(C)OC(=N)C(C#N)(C3Cc3ccccc3)C2(C#N)C#N)cc1. The summed E-state index contributed by atoms with van der Waals surface area (Å²) < 4.78 is 12.2. The number of benzene rings is 2. The van der Waals surface area contributed by atoms with Crippen LogP contribution in [0.1, 0.15) is 24.2 Å². The summed E-state index contributed by atoms with van der Waals surface area (Å²) in [7, 11) is 0. The molecule has 6 nitrogen and oxygen atoms in total. The van der Waals surface area contributed by atoms with Gasteiger partial charge in [-0.1, -0.05) is 42.5 Å². The van der Waals surface area contributed by atoms with Crippen molar-refractivity contribution in [3.8, 4) is 18.2 Å². The van der Waals surface area contributed by atoms with Crippen LogP contribution in [-0.4, -0.2) is 17.9 Å². The van der Waals surface area contributed by atoms with Gasteiger partial charge in [-0.05, 0) is 35.9 Å². The predicted molar refractivity (Wildman–Crippen MR) is 115 cm³/mol. The summed E-state index contributed by atoms with van der Waals surface area (Å²) in [6.45, 7) is 1.69. The van der Waals surface area contributed by atoms with Crippen molar-refractivity contribution in [2.24, 2.45) is 16.7 Å². The van der Waals surface area contributed by atoms with Gasteiger partial charge in [0.25, 0.3) is 0 Å². The lowest BCUT2D eigenvalue weighted by Crippen LogP contribution is -2.59. The van der Waals surface area contributed by atoms with Crippen molar-refractivity contribution in [2.75, 3.05) is 6.26 Å². The second kappa shape index (κ2) is 7.43. The monoisotopic (exact) mass is 428 g/mol. The Labute approximate surface area is 185 Å². The van der Waals surface area contributed by atoms with E-state index in [1.807, 2.05) is 48.7 Å². The van der Waals surface area contributed by atoms with E-state index < -0.39 is 28.6 Å². The van der Waals surface area contributed by atoms with E-state index in [1.165, 1.54) is 0 Å². The van der Waals surface area contributed by atoms with E-state index in [-0.39, 0.29) is 5.90 Å². The lowest BCUT2D eigenvalue weighted by molar-refractivity contribution is -0.272. The molecule has 2 aromatic rings. The van der Waals surface area contributed by atoms with E-state index in [9.17, 15) is 15.8 Å². The normalized spacial score (nSPS) is 30.5. The van der Waals surface area contributed by atoms with Crippen molar-refractivity contribution in [1.29, 1.82) is 21.2 Å². The Hall–Kier alpha value is -3.31. The van der Waals surface area contributed by atoms with Crippen LogP contribution in [0.15, 0.2) is 59.5 Å². The molecule has 0 saturated carbocycles. The van der Waals surface area contributed by atoms with Gasteiger partial charge < -0.3 is 9.47 Å². The van der Waals surface area contributed by atoms with Crippen molar-refractivity contribution in [1.82, 2.24) is 0 Å². The van der Waals surface area contributed by atoms with E-state index in [2.05, 4.69) is 18.2 Å². The van der Waals surface area contributed by atoms with Crippen molar-refractivity contribution < 1.29 is 9.47 Å². The molecule has 154 valence electrons. The molecule has 2 aliphatic rings. The van der Waals surface area contributed by atoms with E-state index in [0.717, 1.165) is 10.5 Å². The van der Waals surface area contributed by atoms with Crippen LogP contribution in [0.5, 0.6) is 0 Å². The number of nitriles is 3. The standard InChI is InChI=1S/C24H20N4O2S/c1-22-19(12-16-6-4-3-5-7-16)24(15-27,21(28)30-22)23(13-25,14-26)20(29-22)17-8-10-18(31-2)11-9-17/h3-11,19-20,28H,12H2,1-2H3. The largest absolute Gasteiger partial charge is 0.448 e. The van der Waals surface area contributed by atoms with Crippen LogP contribution in [0.3, 0.4) is 0 Å². The number of fused-ring (bicyclic) bond motifs is 2. The zero-order valence-electron chi connectivity index (χ0n) is 17.1. The molecule has 0 spiro atoms. The first kappa shape index (κ1) is 20.9. The average Bonchev–Trinajstić information content (AvgIpc) is 2.96. The third-order valence-electron chi connectivity index (χ3n) is 6.42. The zero-order chi connectivity index (χ0) is 22.3. The summed E-state index contributed by atoms with van der Waals surface area (Å²) in [6.07, 6.45) is 1.24. The number of rotatable bonds is 4. The van der Waals surface area contributed by atoms with E-state index in [1.54, 1.807) is 30.8 Å². The molecule has 2 bridgehead atoms. The lowest BCUT2D eigenvalue weighted by Gasteiger charge is -2.48. The summed E-state index contributed by atoms with van der Waals surface area (Å²) in [5.41, 5.74) is -2.21. The maximum atomic E-state index is 10.4. The summed E-state index contributed by atoms with van der Waals surface area (Å²) in [5, 5.41) is 39.6. The van der Waals surface area contributed by atoms with E-state index in [0.29, 0.717) is 12.0 Å². The van der Waals surface area contributed by atoms with Crippen LogP contribution in [0.2, 0.25) is 0 Å². The number of thioether (sulfide) groups is 1. The fourth-order valence-electron chi connectivity index (χ4n) is 4.82. The Balaban J connectivity index is 1.91. The van der Waals surface area contributed by atoms with Crippen LogP contribution >= 0.6 is 11.8 Å². The second-order valence-corrected chi connectivity index (χ2v) is 8.79. The highest BCUT2D eigenvalue weighted by atomic mass is 32.2. The zero-order valence-corrected chi connectivity index (χ0v) is 17.9. The molecule has 7 heteroatoms. The Kier molecular flexibility index (Phi) is 5.02. The first-order chi connectivity index (χ1) is 14.9. The van der Waals surface area contributed by atoms with Crippen LogP contribution in [0.4, 0.5) is 0 Å². The molecule has 2 saturated heterocycles. The molecule has 2 aliphatic heterocycles. The molecule has 2 aromatic carbocycles.